The topological polar surface area (TPSA) is 42.2 Å². The van der Waals surface area contributed by atoms with Gasteiger partial charge in [0.2, 0.25) is 5.95 Å². The standard InChI is InChI=1S/C10H12N4.C2H6/c1-7-3-2-6-14-9(7)12-13-10(14)11-8-4-5-8;1-2/h2-3,6,8H,4-5H2,1H3,(H,11,13);1-2H3. The molecule has 2 aromatic heterocycles. The van der Waals surface area contributed by atoms with E-state index in [1.54, 1.807) is 0 Å². The van der Waals surface area contributed by atoms with Gasteiger partial charge in [-0.2, -0.15) is 0 Å². The minimum absolute atomic E-state index is 0.614. The number of aryl methyl sites for hydroxylation is 1. The number of pyridine rings is 1. The van der Waals surface area contributed by atoms with Gasteiger partial charge in [0.25, 0.3) is 0 Å². The minimum atomic E-state index is 0.614. The third-order valence-electron chi connectivity index (χ3n) is 2.54. The van der Waals surface area contributed by atoms with E-state index in [4.69, 9.17) is 0 Å². The summed E-state index contributed by atoms with van der Waals surface area (Å²) in [6, 6.07) is 4.68. The molecule has 0 spiro atoms. The van der Waals surface area contributed by atoms with Gasteiger partial charge in [0.15, 0.2) is 5.65 Å². The van der Waals surface area contributed by atoms with E-state index >= 15 is 0 Å². The van der Waals surface area contributed by atoms with Crippen LogP contribution in [0, 0.1) is 6.92 Å². The van der Waals surface area contributed by atoms with Crippen molar-refractivity contribution in [2.45, 2.75) is 39.7 Å². The molecule has 2 heterocycles. The second-order valence-electron chi connectivity index (χ2n) is 3.83. The quantitative estimate of drug-likeness (QED) is 0.842. The van der Waals surface area contributed by atoms with E-state index in [0.717, 1.165) is 17.2 Å². The predicted molar refractivity (Wildman–Crippen MR) is 65.7 cm³/mol. The van der Waals surface area contributed by atoms with Gasteiger partial charge in [0.1, 0.15) is 0 Å². The monoisotopic (exact) mass is 218 g/mol. The summed E-state index contributed by atoms with van der Waals surface area (Å²) in [5.74, 6) is 0.867. The highest BCUT2D eigenvalue weighted by Crippen LogP contribution is 2.24. The summed E-state index contributed by atoms with van der Waals surface area (Å²) in [7, 11) is 0. The molecule has 2 aromatic rings. The summed E-state index contributed by atoms with van der Waals surface area (Å²) >= 11 is 0. The smallest absolute Gasteiger partial charge is 0.229 e. The first kappa shape index (κ1) is 10.9. The average molecular weight is 218 g/mol. The van der Waals surface area contributed by atoms with E-state index in [-0.39, 0.29) is 0 Å². The number of fused-ring (bicyclic) bond motifs is 1. The maximum Gasteiger partial charge on any atom is 0.229 e. The lowest BCUT2D eigenvalue weighted by molar-refractivity contribution is 1.03. The molecule has 86 valence electrons. The van der Waals surface area contributed by atoms with Crippen LogP contribution >= 0.6 is 0 Å². The molecular formula is C12H18N4. The Labute approximate surface area is 95.7 Å². The first-order chi connectivity index (χ1) is 7.84. The highest BCUT2D eigenvalue weighted by molar-refractivity contribution is 5.51. The summed E-state index contributed by atoms with van der Waals surface area (Å²) in [6.45, 7) is 6.05. The molecule has 0 unspecified atom stereocenters. The van der Waals surface area contributed by atoms with E-state index in [2.05, 4.69) is 15.5 Å². The van der Waals surface area contributed by atoms with Gasteiger partial charge in [0, 0.05) is 12.2 Å². The Morgan fingerprint density at radius 2 is 2.06 bits per heavy atom. The Balaban J connectivity index is 0.000000457. The number of nitrogens with zero attached hydrogens (tertiary/aromatic N) is 3. The normalized spacial score (nSPS) is 14.4. The second kappa shape index (κ2) is 4.51. The largest absolute Gasteiger partial charge is 0.351 e. The first-order valence-electron chi connectivity index (χ1n) is 5.91. The van der Waals surface area contributed by atoms with Gasteiger partial charge < -0.3 is 5.32 Å². The lowest BCUT2D eigenvalue weighted by Crippen LogP contribution is -2.04. The summed E-state index contributed by atoms with van der Waals surface area (Å²) in [5.41, 5.74) is 2.10. The van der Waals surface area contributed by atoms with E-state index in [1.807, 2.05) is 43.5 Å². The van der Waals surface area contributed by atoms with Crippen molar-refractivity contribution in [3.05, 3.63) is 23.9 Å². The van der Waals surface area contributed by atoms with Gasteiger partial charge in [-0.1, -0.05) is 19.9 Å². The van der Waals surface area contributed by atoms with Crippen LogP contribution in [0.4, 0.5) is 5.95 Å². The zero-order valence-electron chi connectivity index (χ0n) is 10.1. The molecule has 4 nitrogen and oxygen atoms in total. The van der Waals surface area contributed by atoms with Gasteiger partial charge >= 0.3 is 0 Å². The van der Waals surface area contributed by atoms with Gasteiger partial charge in [-0.05, 0) is 31.4 Å². The Kier molecular flexibility index (Phi) is 3.08. The van der Waals surface area contributed by atoms with Crippen LogP contribution in [0.1, 0.15) is 32.3 Å². The van der Waals surface area contributed by atoms with Gasteiger partial charge in [-0.15, -0.1) is 10.2 Å². The lowest BCUT2D eigenvalue weighted by Gasteiger charge is -2.01. The molecule has 1 fully saturated rings. The SMILES string of the molecule is CC.Cc1cccn2c(NC3CC3)nnc12. The maximum atomic E-state index is 4.15. The number of nitrogens with one attached hydrogen (secondary N) is 1. The molecule has 0 aromatic carbocycles. The summed E-state index contributed by atoms with van der Waals surface area (Å²) < 4.78 is 2.01. The van der Waals surface area contributed by atoms with Crippen molar-refractivity contribution in [2.24, 2.45) is 0 Å². The van der Waals surface area contributed by atoms with Crippen LogP contribution in [0.5, 0.6) is 0 Å². The fraction of sp³-hybridized carbons (Fsp3) is 0.500. The predicted octanol–water partition coefficient (Wildman–Crippen LogP) is 2.64. The molecule has 1 aliphatic carbocycles. The second-order valence-corrected chi connectivity index (χ2v) is 3.83. The molecule has 3 rings (SSSR count). The Morgan fingerprint density at radius 3 is 2.75 bits per heavy atom. The van der Waals surface area contributed by atoms with Crippen LogP contribution in [0.2, 0.25) is 0 Å². The van der Waals surface area contributed by atoms with E-state index < -0.39 is 0 Å². The molecule has 1 aliphatic rings. The zero-order valence-corrected chi connectivity index (χ0v) is 10.1. The third kappa shape index (κ3) is 2.01. The van der Waals surface area contributed by atoms with Crippen molar-refractivity contribution in [3.8, 4) is 0 Å². The summed E-state index contributed by atoms with van der Waals surface area (Å²) in [6.07, 6.45) is 4.49. The van der Waals surface area contributed by atoms with Gasteiger partial charge in [-0.25, -0.2) is 0 Å². The molecule has 0 amide bonds. The molecule has 0 bridgehead atoms. The van der Waals surface area contributed by atoms with Crippen LogP contribution in [0.25, 0.3) is 5.65 Å². The van der Waals surface area contributed by atoms with Crippen molar-refractivity contribution in [2.75, 3.05) is 5.32 Å². The summed E-state index contributed by atoms with van der Waals surface area (Å²) in [5, 5.41) is 11.6. The van der Waals surface area contributed by atoms with E-state index in [9.17, 15) is 0 Å². The number of hydrogen-bond acceptors (Lipinski definition) is 3. The van der Waals surface area contributed by atoms with Crippen molar-refractivity contribution >= 4 is 11.6 Å². The van der Waals surface area contributed by atoms with Crippen LogP contribution in [-0.2, 0) is 0 Å². The maximum absolute atomic E-state index is 4.15. The first-order valence-corrected chi connectivity index (χ1v) is 5.91. The number of rotatable bonds is 2. The summed E-state index contributed by atoms with van der Waals surface area (Å²) in [4.78, 5) is 0. The molecule has 0 atom stereocenters. The highest BCUT2D eigenvalue weighted by Gasteiger charge is 2.22. The van der Waals surface area contributed by atoms with Crippen LogP contribution in [0.15, 0.2) is 18.3 Å². The lowest BCUT2D eigenvalue weighted by atomic mass is 10.3. The fourth-order valence-corrected chi connectivity index (χ4v) is 1.56. The van der Waals surface area contributed by atoms with Crippen molar-refractivity contribution in [1.29, 1.82) is 0 Å². The van der Waals surface area contributed by atoms with Crippen LogP contribution < -0.4 is 5.32 Å². The van der Waals surface area contributed by atoms with Crippen LogP contribution in [0.3, 0.4) is 0 Å². The molecule has 1 saturated carbocycles. The molecular weight excluding hydrogens is 200 g/mol. The Bertz CT molecular complexity index is 471. The van der Waals surface area contributed by atoms with Crippen molar-refractivity contribution < 1.29 is 0 Å². The van der Waals surface area contributed by atoms with Gasteiger partial charge in [-0.3, -0.25) is 4.40 Å². The zero-order chi connectivity index (χ0) is 11.5. The van der Waals surface area contributed by atoms with E-state index in [0.29, 0.717) is 6.04 Å². The number of aromatic nitrogens is 3. The molecule has 1 N–H and O–H groups in total. The molecule has 4 heteroatoms. The van der Waals surface area contributed by atoms with Crippen LogP contribution in [-0.4, -0.2) is 20.6 Å². The Hall–Kier alpha value is -1.58. The van der Waals surface area contributed by atoms with E-state index in [1.165, 1.54) is 12.8 Å². The molecule has 16 heavy (non-hydrogen) atoms. The molecule has 0 radical (unpaired) electrons. The third-order valence-corrected chi connectivity index (χ3v) is 2.54. The fourth-order valence-electron chi connectivity index (χ4n) is 1.56. The average Bonchev–Trinajstić information content (AvgIpc) is 3.03. The Morgan fingerprint density at radius 1 is 1.31 bits per heavy atom. The highest BCUT2D eigenvalue weighted by atomic mass is 15.3. The minimum Gasteiger partial charge on any atom is -0.351 e. The van der Waals surface area contributed by atoms with Crippen molar-refractivity contribution in [1.82, 2.24) is 14.6 Å². The number of hydrogen-bond donors (Lipinski definition) is 1. The van der Waals surface area contributed by atoms with Crippen molar-refractivity contribution in [3.63, 3.8) is 0 Å². The molecule has 0 aliphatic heterocycles. The molecule has 0 saturated heterocycles. The number of anilines is 1. The van der Waals surface area contributed by atoms with Gasteiger partial charge in [0.05, 0.1) is 0 Å².